The second-order valence-corrected chi connectivity index (χ2v) is 8.53. The first-order valence-electron chi connectivity index (χ1n) is 7.25. The van der Waals surface area contributed by atoms with Gasteiger partial charge in [0.05, 0.1) is 10.5 Å². The average Bonchev–Trinajstić information content (AvgIpc) is 2.86. The summed E-state index contributed by atoms with van der Waals surface area (Å²) in [5, 5.41) is 9.35. The summed E-state index contributed by atoms with van der Waals surface area (Å²) in [5.74, 6) is -0.469. The number of hydrogen-bond acceptors (Lipinski definition) is 3. The normalized spacial score (nSPS) is 21.5. The molecule has 0 radical (unpaired) electrons. The first-order valence-corrected chi connectivity index (χ1v) is 9.49. The topological polar surface area (TPSA) is 90.0 Å². The Balaban J connectivity index is 2.29. The molecule has 2 unspecified atom stereocenters. The zero-order valence-electron chi connectivity index (χ0n) is 13.2. The van der Waals surface area contributed by atoms with Gasteiger partial charge in [0.25, 0.3) is 10.2 Å². The fourth-order valence-electron chi connectivity index (χ4n) is 2.71. The lowest BCUT2D eigenvalue weighted by atomic mass is 10.0. The third-order valence-electron chi connectivity index (χ3n) is 4.03. The summed E-state index contributed by atoms with van der Waals surface area (Å²) in [4.78, 5) is 12.6. The van der Waals surface area contributed by atoms with Crippen LogP contribution in [-0.2, 0) is 16.6 Å². The van der Waals surface area contributed by atoms with Gasteiger partial charge in [-0.25, -0.2) is 9.18 Å². The van der Waals surface area contributed by atoms with Gasteiger partial charge in [-0.1, -0.05) is 12.1 Å². The first-order chi connectivity index (χ1) is 11.1. The van der Waals surface area contributed by atoms with Gasteiger partial charge >= 0.3 is 6.09 Å². The summed E-state index contributed by atoms with van der Waals surface area (Å²) >= 11 is 3.10. The maximum Gasteiger partial charge on any atom is 0.407 e. The van der Waals surface area contributed by atoms with Crippen molar-refractivity contribution >= 4 is 32.2 Å². The van der Waals surface area contributed by atoms with E-state index in [0.717, 1.165) is 9.21 Å². The number of benzene rings is 1. The Kier molecular flexibility index (Phi) is 5.84. The third-order valence-corrected chi connectivity index (χ3v) is 6.21. The van der Waals surface area contributed by atoms with Gasteiger partial charge in [0.2, 0.25) is 0 Å². The number of likely N-dealkylation sites (tertiary alicyclic amines) is 1. The number of rotatable bonds is 5. The lowest BCUT2D eigenvalue weighted by molar-refractivity contribution is 0.137. The molecule has 0 saturated carbocycles. The minimum absolute atomic E-state index is 0.0815. The van der Waals surface area contributed by atoms with Crippen molar-refractivity contribution in [2.24, 2.45) is 0 Å². The van der Waals surface area contributed by atoms with E-state index in [1.54, 1.807) is 18.2 Å². The number of nitrogens with one attached hydrogen (secondary N) is 1. The Labute approximate surface area is 148 Å². The molecule has 1 heterocycles. The largest absolute Gasteiger partial charge is 0.465 e. The zero-order valence-corrected chi connectivity index (χ0v) is 15.6. The van der Waals surface area contributed by atoms with Crippen LogP contribution in [0.2, 0.25) is 0 Å². The van der Waals surface area contributed by atoms with E-state index >= 15 is 0 Å². The van der Waals surface area contributed by atoms with Gasteiger partial charge in [0.15, 0.2) is 0 Å². The third kappa shape index (κ3) is 4.05. The molecule has 1 fully saturated rings. The van der Waals surface area contributed by atoms with Crippen LogP contribution in [0.15, 0.2) is 22.7 Å². The molecule has 1 aromatic rings. The van der Waals surface area contributed by atoms with Crippen molar-refractivity contribution < 1.29 is 22.7 Å². The van der Waals surface area contributed by atoms with Crippen LogP contribution < -0.4 is 4.72 Å². The second-order valence-electron chi connectivity index (χ2n) is 5.76. The van der Waals surface area contributed by atoms with Gasteiger partial charge in [0.1, 0.15) is 5.82 Å². The van der Waals surface area contributed by atoms with E-state index in [1.165, 1.54) is 14.1 Å². The molecular formula is C14H19BrFN3O4S. The van der Waals surface area contributed by atoms with Crippen LogP contribution in [0, 0.1) is 5.82 Å². The molecule has 0 aliphatic carbocycles. The number of nitrogens with zero attached hydrogens (tertiary/aromatic N) is 2. The summed E-state index contributed by atoms with van der Waals surface area (Å²) in [6, 6.07) is 3.47. The fraction of sp³-hybridized carbons (Fsp3) is 0.500. The highest BCUT2D eigenvalue weighted by atomic mass is 79.9. The van der Waals surface area contributed by atoms with Crippen molar-refractivity contribution in [3.05, 3.63) is 34.1 Å². The smallest absolute Gasteiger partial charge is 0.407 e. The lowest BCUT2D eigenvalue weighted by Gasteiger charge is -2.27. The quantitative estimate of drug-likeness (QED) is 0.753. The summed E-state index contributed by atoms with van der Waals surface area (Å²) in [7, 11) is -0.945. The summed E-state index contributed by atoms with van der Waals surface area (Å²) < 4.78 is 42.1. The predicted molar refractivity (Wildman–Crippen MR) is 90.5 cm³/mol. The van der Waals surface area contributed by atoms with Crippen molar-refractivity contribution in [3.63, 3.8) is 0 Å². The van der Waals surface area contributed by atoms with E-state index in [0.29, 0.717) is 12.0 Å². The van der Waals surface area contributed by atoms with Crippen LogP contribution in [0.1, 0.15) is 12.0 Å². The minimum Gasteiger partial charge on any atom is -0.465 e. The Hall–Kier alpha value is -1.23. The van der Waals surface area contributed by atoms with Gasteiger partial charge < -0.3 is 10.0 Å². The molecule has 1 aliphatic heterocycles. The average molecular weight is 424 g/mol. The highest BCUT2D eigenvalue weighted by Gasteiger charge is 2.39. The molecule has 2 N–H and O–H groups in total. The molecule has 10 heteroatoms. The summed E-state index contributed by atoms with van der Waals surface area (Å²) in [6.45, 7) is 0.191. The maximum atomic E-state index is 14.2. The molecule has 7 nitrogen and oxygen atoms in total. The highest BCUT2D eigenvalue weighted by Crippen LogP contribution is 2.26. The van der Waals surface area contributed by atoms with Gasteiger partial charge in [-0.15, -0.1) is 0 Å². The Morgan fingerprint density at radius 1 is 1.50 bits per heavy atom. The Morgan fingerprint density at radius 2 is 2.17 bits per heavy atom. The number of amides is 1. The molecular weight excluding hydrogens is 405 g/mol. The predicted octanol–water partition coefficient (Wildman–Crippen LogP) is 1.65. The molecule has 0 bridgehead atoms. The standard InChI is InChI=1S/C14H19BrFN3O4S/c1-18(2)24(22,23)17-11-6-7-19(14(20)21)12(11)8-9-4-3-5-10(15)13(9)16/h3-5,11-12,17H,6-8H2,1-2H3,(H,20,21). The molecule has 1 amide bonds. The van der Waals surface area contributed by atoms with Crippen LogP contribution in [0.4, 0.5) is 9.18 Å². The van der Waals surface area contributed by atoms with Crippen LogP contribution in [0.25, 0.3) is 0 Å². The van der Waals surface area contributed by atoms with Crippen molar-refractivity contribution in [1.29, 1.82) is 0 Å². The van der Waals surface area contributed by atoms with Gasteiger partial charge in [-0.2, -0.15) is 17.4 Å². The molecule has 1 saturated heterocycles. The van der Waals surface area contributed by atoms with Gasteiger partial charge in [0, 0.05) is 26.7 Å². The van der Waals surface area contributed by atoms with Gasteiger partial charge in [-0.05, 0) is 40.4 Å². The van der Waals surface area contributed by atoms with E-state index in [1.807, 2.05) is 0 Å². The summed E-state index contributed by atoms with van der Waals surface area (Å²) in [5.41, 5.74) is 0.330. The van der Waals surface area contributed by atoms with Crippen LogP contribution >= 0.6 is 15.9 Å². The maximum absolute atomic E-state index is 14.2. The van der Waals surface area contributed by atoms with Crippen LogP contribution in [-0.4, -0.2) is 61.5 Å². The summed E-state index contributed by atoms with van der Waals surface area (Å²) in [6.07, 6.45) is -0.736. The van der Waals surface area contributed by atoms with E-state index in [-0.39, 0.29) is 17.4 Å². The molecule has 1 aromatic carbocycles. The van der Waals surface area contributed by atoms with Crippen molar-refractivity contribution in [2.75, 3.05) is 20.6 Å². The van der Waals surface area contributed by atoms with Crippen molar-refractivity contribution in [1.82, 2.24) is 13.9 Å². The molecule has 2 atom stereocenters. The SMILES string of the molecule is CN(C)S(=O)(=O)NC1CCN(C(=O)O)C1Cc1cccc(Br)c1F. The van der Waals surface area contributed by atoms with E-state index in [4.69, 9.17) is 0 Å². The van der Waals surface area contributed by atoms with Crippen LogP contribution in [0.3, 0.4) is 0 Å². The van der Waals surface area contributed by atoms with Gasteiger partial charge in [-0.3, -0.25) is 0 Å². The van der Waals surface area contributed by atoms with E-state index in [9.17, 15) is 22.7 Å². The highest BCUT2D eigenvalue weighted by molar-refractivity contribution is 9.10. The monoisotopic (exact) mass is 423 g/mol. The number of halogens is 2. The Morgan fingerprint density at radius 3 is 2.75 bits per heavy atom. The van der Waals surface area contributed by atoms with E-state index < -0.39 is 34.2 Å². The molecule has 24 heavy (non-hydrogen) atoms. The zero-order chi connectivity index (χ0) is 18.1. The number of carboxylic acid groups (broad SMARTS) is 1. The van der Waals surface area contributed by atoms with Crippen LogP contribution in [0.5, 0.6) is 0 Å². The molecule has 134 valence electrons. The Bertz CT molecular complexity index is 729. The van der Waals surface area contributed by atoms with Crippen molar-refractivity contribution in [3.8, 4) is 0 Å². The number of hydrogen-bond donors (Lipinski definition) is 2. The molecule has 0 aromatic heterocycles. The minimum atomic E-state index is -3.71. The fourth-order valence-corrected chi connectivity index (χ4v) is 3.98. The first kappa shape index (κ1) is 19.1. The lowest BCUT2D eigenvalue weighted by Crippen LogP contribution is -2.50. The molecule has 1 aliphatic rings. The van der Waals surface area contributed by atoms with Crippen molar-refractivity contribution in [2.45, 2.75) is 24.9 Å². The molecule has 2 rings (SSSR count). The number of carbonyl (C=O) groups is 1. The second kappa shape index (κ2) is 7.34. The molecule has 0 spiro atoms. The van der Waals surface area contributed by atoms with E-state index in [2.05, 4.69) is 20.7 Å².